The molecule has 0 radical (unpaired) electrons. The van der Waals surface area contributed by atoms with Crippen molar-refractivity contribution in [1.29, 1.82) is 0 Å². The van der Waals surface area contributed by atoms with Crippen molar-refractivity contribution < 1.29 is 13.2 Å². The molecular weight excluding hydrogens is 270 g/mol. The van der Waals surface area contributed by atoms with Gasteiger partial charge in [0.1, 0.15) is 0 Å². The third kappa shape index (κ3) is 2.60. The minimum absolute atomic E-state index is 0.0393. The van der Waals surface area contributed by atoms with Gasteiger partial charge in [-0.1, -0.05) is 11.6 Å². The van der Waals surface area contributed by atoms with Gasteiger partial charge in [-0.05, 0) is 29.8 Å². The van der Waals surface area contributed by atoms with Gasteiger partial charge in [0.15, 0.2) is 0 Å². The fraction of sp³-hybridized carbons (Fsp3) is 0. The average Bonchev–Trinajstić information content (AvgIpc) is 2.01. The monoisotopic (exact) mass is 272 g/mol. The van der Waals surface area contributed by atoms with Gasteiger partial charge in [-0.2, -0.15) is 0 Å². The molecule has 0 aliphatic rings. The Labute approximate surface area is 95.0 Å². The maximum absolute atomic E-state index is 10.9. The van der Waals surface area contributed by atoms with Crippen LogP contribution in [0.1, 0.15) is 10.4 Å². The van der Waals surface area contributed by atoms with Crippen LogP contribution in [0.4, 0.5) is 0 Å². The van der Waals surface area contributed by atoms with E-state index in [4.69, 9.17) is 33.9 Å². The lowest BCUT2D eigenvalue weighted by Crippen LogP contribution is -1.95. The zero-order valence-corrected chi connectivity index (χ0v) is 9.58. The lowest BCUT2D eigenvalue weighted by molar-refractivity contribution is 0.108. The minimum atomic E-state index is -3.83. The Bertz CT molecular complexity index is 481. The van der Waals surface area contributed by atoms with Crippen LogP contribution in [-0.2, 0) is 9.05 Å². The second kappa shape index (κ2) is 4.06. The van der Waals surface area contributed by atoms with Gasteiger partial charge < -0.3 is 0 Å². The highest BCUT2D eigenvalue weighted by atomic mass is 35.7. The number of carbonyl (C=O) groups excluding carboxylic acids is 1. The Morgan fingerprint density at radius 3 is 2.21 bits per heavy atom. The van der Waals surface area contributed by atoms with Crippen molar-refractivity contribution >= 4 is 48.2 Å². The number of rotatable bonds is 2. The van der Waals surface area contributed by atoms with Crippen LogP contribution in [0, 0.1) is 0 Å². The number of hydrogen-bond acceptors (Lipinski definition) is 3. The molecule has 1 aromatic carbocycles. The van der Waals surface area contributed by atoms with E-state index in [0.29, 0.717) is 0 Å². The van der Waals surface area contributed by atoms with Gasteiger partial charge in [0.2, 0.25) is 0 Å². The molecule has 0 aromatic heterocycles. The highest BCUT2D eigenvalue weighted by Crippen LogP contribution is 2.24. The van der Waals surface area contributed by atoms with Crippen LogP contribution in [0.2, 0.25) is 5.02 Å². The summed E-state index contributed by atoms with van der Waals surface area (Å²) < 4.78 is 21.7. The maximum Gasteiger partial charge on any atom is 0.261 e. The number of halogens is 3. The molecule has 0 saturated heterocycles. The quantitative estimate of drug-likeness (QED) is 0.778. The van der Waals surface area contributed by atoms with E-state index in [9.17, 15) is 13.2 Å². The molecule has 0 amide bonds. The molecule has 0 heterocycles. The minimum Gasteiger partial charge on any atom is -0.276 e. The normalized spacial score (nSPS) is 11.4. The fourth-order valence-corrected chi connectivity index (χ4v) is 2.13. The van der Waals surface area contributed by atoms with Crippen molar-refractivity contribution in [3.8, 4) is 0 Å². The average molecular weight is 274 g/mol. The Morgan fingerprint density at radius 1 is 1.29 bits per heavy atom. The van der Waals surface area contributed by atoms with Gasteiger partial charge >= 0.3 is 0 Å². The lowest BCUT2D eigenvalue weighted by atomic mass is 10.2. The summed E-state index contributed by atoms with van der Waals surface area (Å²) in [5, 5.41) is -0.805. The highest BCUT2D eigenvalue weighted by molar-refractivity contribution is 8.13. The highest BCUT2D eigenvalue weighted by Gasteiger charge is 2.14. The lowest BCUT2D eigenvalue weighted by Gasteiger charge is -2.00. The summed E-state index contributed by atoms with van der Waals surface area (Å²) in [6.07, 6.45) is 0. The third-order valence-electron chi connectivity index (χ3n) is 1.43. The molecule has 76 valence electrons. The summed E-state index contributed by atoms with van der Waals surface area (Å²) in [7, 11) is 1.22. The van der Waals surface area contributed by atoms with E-state index in [2.05, 4.69) is 0 Å². The molecule has 7 heteroatoms. The van der Waals surface area contributed by atoms with Crippen molar-refractivity contribution in [3.63, 3.8) is 0 Å². The van der Waals surface area contributed by atoms with E-state index in [1.807, 2.05) is 0 Å². The molecule has 0 saturated carbocycles. The molecule has 0 spiro atoms. The molecule has 0 atom stereocenters. The largest absolute Gasteiger partial charge is 0.276 e. The molecule has 0 aliphatic heterocycles. The molecule has 1 rings (SSSR count). The predicted molar refractivity (Wildman–Crippen MR) is 54.7 cm³/mol. The standard InChI is InChI=1S/C7H3Cl3O3S/c8-6-3-4(14(10,12)13)1-2-5(6)7(9)11/h1-3H. The van der Waals surface area contributed by atoms with Crippen LogP contribution in [-0.4, -0.2) is 13.7 Å². The Kier molecular flexibility index (Phi) is 3.42. The molecule has 0 fully saturated rings. The predicted octanol–water partition coefficient (Wildman–Crippen LogP) is 2.65. The van der Waals surface area contributed by atoms with Crippen LogP contribution in [0.3, 0.4) is 0 Å². The Balaban J connectivity index is 3.34. The fourth-order valence-electron chi connectivity index (χ4n) is 0.807. The molecular formula is C7H3Cl3O3S. The Morgan fingerprint density at radius 2 is 1.86 bits per heavy atom. The third-order valence-corrected chi connectivity index (χ3v) is 3.30. The Hall–Kier alpha value is -0.290. The van der Waals surface area contributed by atoms with Crippen molar-refractivity contribution in [2.24, 2.45) is 0 Å². The first-order valence-electron chi connectivity index (χ1n) is 3.26. The first-order chi connectivity index (χ1) is 6.32. The van der Waals surface area contributed by atoms with Crippen LogP contribution < -0.4 is 0 Å². The summed E-state index contributed by atoms with van der Waals surface area (Å²) >= 11 is 10.8. The van der Waals surface area contributed by atoms with Crippen molar-refractivity contribution in [1.82, 2.24) is 0 Å². The topological polar surface area (TPSA) is 51.2 Å². The summed E-state index contributed by atoms with van der Waals surface area (Å²) in [5.74, 6) is 0. The van der Waals surface area contributed by atoms with E-state index >= 15 is 0 Å². The van der Waals surface area contributed by atoms with Crippen molar-refractivity contribution in [2.75, 3.05) is 0 Å². The van der Waals surface area contributed by atoms with E-state index in [1.165, 1.54) is 6.07 Å². The van der Waals surface area contributed by atoms with E-state index in [1.54, 1.807) is 0 Å². The van der Waals surface area contributed by atoms with E-state index < -0.39 is 14.3 Å². The van der Waals surface area contributed by atoms with Crippen LogP contribution in [0.5, 0.6) is 0 Å². The zero-order chi connectivity index (χ0) is 10.9. The molecule has 0 bridgehead atoms. The number of hydrogen-bond donors (Lipinski definition) is 0. The maximum atomic E-state index is 10.9. The molecule has 3 nitrogen and oxygen atoms in total. The second-order valence-electron chi connectivity index (χ2n) is 2.35. The molecule has 0 unspecified atom stereocenters. The van der Waals surface area contributed by atoms with Gasteiger partial charge in [0.05, 0.1) is 15.5 Å². The SMILES string of the molecule is O=C(Cl)c1ccc(S(=O)(=O)Cl)cc1Cl. The molecule has 0 aliphatic carbocycles. The van der Waals surface area contributed by atoms with E-state index in [0.717, 1.165) is 12.1 Å². The second-order valence-corrected chi connectivity index (χ2v) is 5.67. The van der Waals surface area contributed by atoms with E-state index in [-0.39, 0.29) is 15.5 Å². The van der Waals surface area contributed by atoms with Crippen LogP contribution >= 0.6 is 33.9 Å². The van der Waals surface area contributed by atoms with Gasteiger partial charge in [-0.25, -0.2) is 8.42 Å². The van der Waals surface area contributed by atoms with Crippen LogP contribution in [0.25, 0.3) is 0 Å². The molecule has 1 aromatic rings. The first kappa shape index (κ1) is 11.8. The molecule has 0 N–H and O–H groups in total. The van der Waals surface area contributed by atoms with Crippen molar-refractivity contribution in [2.45, 2.75) is 4.90 Å². The summed E-state index contributed by atoms with van der Waals surface area (Å²) in [6.45, 7) is 0. The summed E-state index contributed by atoms with van der Waals surface area (Å²) in [5.41, 5.74) is 0.0393. The first-order valence-corrected chi connectivity index (χ1v) is 6.33. The smallest absolute Gasteiger partial charge is 0.261 e. The number of benzene rings is 1. The zero-order valence-electron chi connectivity index (χ0n) is 6.50. The van der Waals surface area contributed by atoms with Gasteiger partial charge in [-0.3, -0.25) is 4.79 Å². The number of carbonyl (C=O) groups is 1. The van der Waals surface area contributed by atoms with Crippen LogP contribution in [0.15, 0.2) is 23.1 Å². The van der Waals surface area contributed by atoms with Gasteiger partial charge in [-0.15, -0.1) is 0 Å². The molecule has 14 heavy (non-hydrogen) atoms. The van der Waals surface area contributed by atoms with Gasteiger partial charge in [0, 0.05) is 10.7 Å². The van der Waals surface area contributed by atoms with Crippen molar-refractivity contribution in [3.05, 3.63) is 28.8 Å². The van der Waals surface area contributed by atoms with Gasteiger partial charge in [0.25, 0.3) is 14.3 Å². The summed E-state index contributed by atoms with van der Waals surface area (Å²) in [6, 6.07) is 3.43. The summed E-state index contributed by atoms with van der Waals surface area (Å²) in [4.78, 5) is 10.6.